The first-order valence-electron chi connectivity index (χ1n) is 8.61. The smallest absolute Gasteiger partial charge is 0.191 e. The molecular weight excluding hydrogens is 290 g/mol. The van der Waals surface area contributed by atoms with Gasteiger partial charge in [-0.15, -0.1) is 0 Å². The van der Waals surface area contributed by atoms with Gasteiger partial charge in [0.2, 0.25) is 0 Å². The molecule has 2 rings (SSSR count). The number of hydrogen-bond donors (Lipinski definition) is 3. The number of aliphatic hydroxyl groups excluding tert-OH is 1. The van der Waals surface area contributed by atoms with Crippen molar-refractivity contribution < 1.29 is 9.84 Å². The van der Waals surface area contributed by atoms with Gasteiger partial charge in [-0.3, -0.25) is 4.99 Å². The number of guanidine groups is 1. The third-order valence-corrected chi connectivity index (χ3v) is 4.10. The fourth-order valence-corrected chi connectivity index (χ4v) is 2.79. The molecule has 0 amide bonds. The highest BCUT2D eigenvalue weighted by Gasteiger charge is 2.24. The highest BCUT2D eigenvalue weighted by atomic mass is 16.5. The van der Waals surface area contributed by atoms with E-state index in [1.54, 1.807) is 0 Å². The Morgan fingerprint density at radius 3 is 2.78 bits per heavy atom. The molecule has 128 valence electrons. The van der Waals surface area contributed by atoms with Crippen LogP contribution in [0.3, 0.4) is 0 Å². The van der Waals surface area contributed by atoms with Gasteiger partial charge in [-0.25, -0.2) is 0 Å². The molecule has 0 heterocycles. The molecule has 0 aliphatic heterocycles. The molecule has 0 spiro atoms. The molecule has 0 radical (unpaired) electrons. The summed E-state index contributed by atoms with van der Waals surface area (Å²) in [6.07, 6.45) is 2.91. The summed E-state index contributed by atoms with van der Waals surface area (Å²) in [4.78, 5) is 4.58. The predicted octanol–water partition coefficient (Wildman–Crippen LogP) is 1.92. The number of hydrogen-bond acceptors (Lipinski definition) is 3. The van der Waals surface area contributed by atoms with Crippen molar-refractivity contribution >= 4 is 5.96 Å². The zero-order chi connectivity index (χ0) is 16.3. The van der Waals surface area contributed by atoms with Crippen LogP contribution in [0.2, 0.25) is 0 Å². The highest BCUT2D eigenvalue weighted by Crippen LogP contribution is 2.25. The van der Waals surface area contributed by atoms with Gasteiger partial charge in [-0.05, 0) is 25.3 Å². The van der Waals surface area contributed by atoms with Crippen LogP contribution in [0.1, 0.15) is 31.7 Å². The Morgan fingerprint density at radius 2 is 2.09 bits per heavy atom. The first-order chi connectivity index (χ1) is 11.3. The van der Waals surface area contributed by atoms with Crippen molar-refractivity contribution in [3.63, 3.8) is 0 Å². The molecule has 1 aliphatic carbocycles. The Balaban J connectivity index is 1.65. The molecule has 1 saturated carbocycles. The van der Waals surface area contributed by atoms with Crippen molar-refractivity contribution in [2.24, 2.45) is 10.9 Å². The van der Waals surface area contributed by atoms with Gasteiger partial charge >= 0.3 is 0 Å². The fraction of sp³-hybridized carbons (Fsp3) is 0.611. The molecule has 0 saturated heterocycles. The van der Waals surface area contributed by atoms with Crippen LogP contribution in [-0.2, 0) is 11.3 Å². The van der Waals surface area contributed by atoms with Gasteiger partial charge in [0.25, 0.3) is 0 Å². The van der Waals surface area contributed by atoms with Crippen LogP contribution in [0, 0.1) is 5.92 Å². The first-order valence-corrected chi connectivity index (χ1v) is 8.61. The Bertz CT molecular complexity index is 465. The fourth-order valence-electron chi connectivity index (χ4n) is 2.79. The van der Waals surface area contributed by atoms with E-state index in [1.165, 1.54) is 5.56 Å². The van der Waals surface area contributed by atoms with Gasteiger partial charge in [-0.1, -0.05) is 36.8 Å². The number of ether oxygens (including phenoxy) is 1. The molecule has 1 aliphatic rings. The number of nitrogens with one attached hydrogen (secondary N) is 2. The Kier molecular flexibility index (Phi) is 7.90. The molecule has 0 bridgehead atoms. The van der Waals surface area contributed by atoms with E-state index in [-0.39, 0.29) is 6.10 Å². The van der Waals surface area contributed by atoms with Crippen molar-refractivity contribution in [2.75, 3.05) is 26.2 Å². The molecule has 1 fully saturated rings. The topological polar surface area (TPSA) is 65.9 Å². The van der Waals surface area contributed by atoms with Crippen molar-refractivity contribution in [1.29, 1.82) is 0 Å². The molecule has 3 N–H and O–H groups in total. The normalized spacial score (nSPS) is 21.4. The molecule has 1 aromatic rings. The summed E-state index contributed by atoms with van der Waals surface area (Å²) in [5.41, 5.74) is 1.18. The minimum atomic E-state index is -0.184. The summed E-state index contributed by atoms with van der Waals surface area (Å²) >= 11 is 0. The summed E-state index contributed by atoms with van der Waals surface area (Å²) in [6.45, 7) is 5.53. The van der Waals surface area contributed by atoms with Crippen LogP contribution in [0.5, 0.6) is 0 Å². The average molecular weight is 319 g/mol. The van der Waals surface area contributed by atoms with Crippen LogP contribution in [0.15, 0.2) is 35.3 Å². The minimum Gasteiger partial charge on any atom is -0.393 e. The van der Waals surface area contributed by atoms with E-state index in [9.17, 15) is 5.11 Å². The largest absolute Gasteiger partial charge is 0.393 e. The Hall–Kier alpha value is -1.59. The SMILES string of the molecule is CCNC(=NCC1CCCC1O)NCCOCc1ccccc1. The summed E-state index contributed by atoms with van der Waals surface area (Å²) in [5.74, 6) is 1.11. The summed E-state index contributed by atoms with van der Waals surface area (Å²) in [7, 11) is 0. The van der Waals surface area contributed by atoms with Crippen LogP contribution in [-0.4, -0.2) is 43.4 Å². The van der Waals surface area contributed by atoms with Gasteiger partial charge < -0.3 is 20.5 Å². The van der Waals surface area contributed by atoms with E-state index in [0.717, 1.165) is 31.8 Å². The lowest BCUT2D eigenvalue weighted by atomic mass is 10.1. The molecule has 5 heteroatoms. The Morgan fingerprint density at radius 1 is 1.26 bits per heavy atom. The zero-order valence-corrected chi connectivity index (χ0v) is 14.0. The minimum absolute atomic E-state index is 0.184. The van der Waals surface area contributed by atoms with Gasteiger partial charge in [0.15, 0.2) is 5.96 Å². The zero-order valence-electron chi connectivity index (χ0n) is 14.0. The number of aliphatic imine (C=N–C) groups is 1. The van der Waals surface area contributed by atoms with E-state index in [2.05, 4.69) is 27.8 Å². The van der Waals surface area contributed by atoms with Crippen LogP contribution < -0.4 is 10.6 Å². The number of benzene rings is 1. The lowest BCUT2D eigenvalue weighted by Crippen LogP contribution is -2.39. The molecule has 23 heavy (non-hydrogen) atoms. The molecule has 2 unspecified atom stereocenters. The third kappa shape index (κ3) is 6.59. The Labute approximate surface area is 139 Å². The molecular formula is C18H29N3O2. The van der Waals surface area contributed by atoms with Gasteiger partial charge in [-0.2, -0.15) is 0 Å². The third-order valence-electron chi connectivity index (χ3n) is 4.10. The summed E-state index contributed by atoms with van der Waals surface area (Å²) < 4.78 is 5.66. The predicted molar refractivity (Wildman–Crippen MR) is 93.4 cm³/mol. The van der Waals surface area contributed by atoms with E-state index in [1.807, 2.05) is 25.1 Å². The van der Waals surface area contributed by atoms with Crippen molar-refractivity contribution in [1.82, 2.24) is 10.6 Å². The lowest BCUT2D eigenvalue weighted by molar-refractivity contribution is 0.125. The van der Waals surface area contributed by atoms with Crippen molar-refractivity contribution in [3.8, 4) is 0 Å². The van der Waals surface area contributed by atoms with Crippen molar-refractivity contribution in [3.05, 3.63) is 35.9 Å². The maximum atomic E-state index is 9.86. The quantitative estimate of drug-likeness (QED) is 0.389. The maximum absolute atomic E-state index is 9.86. The molecule has 1 aromatic carbocycles. The lowest BCUT2D eigenvalue weighted by Gasteiger charge is -2.15. The van der Waals surface area contributed by atoms with E-state index < -0.39 is 0 Å². The van der Waals surface area contributed by atoms with E-state index in [4.69, 9.17) is 4.74 Å². The first kappa shape index (κ1) is 17.8. The number of aliphatic hydroxyl groups is 1. The monoisotopic (exact) mass is 319 g/mol. The summed E-state index contributed by atoms with van der Waals surface area (Å²) in [5, 5.41) is 16.4. The van der Waals surface area contributed by atoms with Crippen molar-refractivity contribution in [2.45, 2.75) is 38.9 Å². The number of nitrogens with zero attached hydrogens (tertiary/aromatic N) is 1. The second-order valence-electron chi connectivity index (χ2n) is 5.94. The van der Waals surface area contributed by atoms with E-state index in [0.29, 0.717) is 32.2 Å². The molecule has 5 nitrogen and oxygen atoms in total. The second kappa shape index (κ2) is 10.2. The van der Waals surface area contributed by atoms with Gasteiger partial charge in [0.1, 0.15) is 0 Å². The molecule has 2 atom stereocenters. The molecule has 0 aromatic heterocycles. The van der Waals surface area contributed by atoms with Gasteiger partial charge in [0.05, 0.1) is 19.3 Å². The van der Waals surface area contributed by atoms with Crippen LogP contribution in [0.25, 0.3) is 0 Å². The second-order valence-corrected chi connectivity index (χ2v) is 5.94. The van der Waals surface area contributed by atoms with Crippen LogP contribution in [0.4, 0.5) is 0 Å². The summed E-state index contributed by atoms with van der Waals surface area (Å²) in [6, 6.07) is 10.2. The highest BCUT2D eigenvalue weighted by molar-refractivity contribution is 5.79. The number of rotatable bonds is 8. The maximum Gasteiger partial charge on any atom is 0.191 e. The van der Waals surface area contributed by atoms with Gasteiger partial charge in [0, 0.05) is 25.6 Å². The van der Waals surface area contributed by atoms with E-state index >= 15 is 0 Å². The average Bonchev–Trinajstić information content (AvgIpc) is 2.98. The van der Waals surface area contributed by atoms with Crippen LogP contribution >= 0.6 is 0 Å². The standard InChI is InChI=1S/C18H29N3O2/c1-2-19-18(21-13-16-9-6-10-17(16)22)20-11-12-23-14-15-7-4-3-5-8-15/h3-5,7-8,16-17,22H,2,6,9-14H2,1H3,(H2,19,20,21).